The minimum Gasteiger partial charge on any atom is -0.493 e. The van der Waals surface area contributed by atoms with E-state index in [1.165, 1.54) is 29.6 Å². The lowest BCUT2D eigenvalue weighted by Crippen LogP contribution is -2.37. The lowest BCUT2D eigenvalue weighted by molar-refractivity contribution is 0.0947. The van der Waals surface area contributed by atoms with Gasteiger partial charge in [0.05, 0.1) is 19.7 Å². The second-order valence-corrected chi connectivity index (χ2v) is 10.8. The predicted octanol–water partition coefficient (Wildman–Crippen LogP) is 5.85. The van der Waals surface area contributed by atoms with E-state index in [4.69, 9.17) is 9.47 Å². The molecule has 1 aliphatic rings. The molecule has 0 radical (unpaired) electrons. The van der Waals surface area contributed by atoms with Gasteiger partial charge in [-0.05, 0) is 82.8 Å². The molecule has 2 N–H and O–H groups in total. The van der Waals surface area contributed by atoms with Gasteiger partial charge in [0.1, 0.15) is 18.0 Å². The zero-order valence-electron chi connectivity index (χ0n) is 24.8. The van der Waals surface area contributed by atoms with Crippen LogP contribution in [0.4, 0.5) is 10.2 Å². The zero-order chi connectivity index (χ0) is 30.5. The number of nitrogens with one attached hydrogen (secondary N) is 2. The molecule has 0 bridgehead atoms. The van der Waals surface area contributed by atoms with Gasteiger partial charge in [-0.3, -0.25) is 9.69 Å². The fourth-order valence-corrected chi connectivity index (χ4v) is 5.54. The quantitative estimate of drug-likeness (QED) is 0.211. The molecule has 1 aromatic heterocycles. The van der Waals surface area contributed by atoms with Crippen molar-refractivity contribution in [3.8, 4) is 22.6 Å². The molecule has 8 nitrogen and oxygen atoms in total. The molecule has 44 heavy (non-hydrogen) atoms. The minimum atomic E-state index is -0.262. The third kappa shape index (κ3) is 6.48. The van der Waals surface area contributed by atoms with E-state index in [9.17, 15) is 9.18 Å². The number of rotatable bonds is 10. The maximum absolute atomic E-state index is 13.3. The number of carbonyl (C=O) groups is 1. The maximum atomic E-state index is 13.3. The average molecular weight is 592 g/mol. The van der Waals surface area contributed by atoms with Crippen LogP contribution in [0.5, 0.6) is 11.5 Å². The molecule has 0 saturated heterocycles. The topological polar surface area (TPSA) is 88.6 Å². The standard InChI is InChI=1S/C35H34FN5O3/c1-43-32-18-27-13-15-41(21-28(27)19-33(32)44-2)16-14-37-35(42)25-7-5-24(6-8-25)26-9-12-31-30(17-26)34(40-22-39-31)38-20-23-3-10-29(36)11-4-23/h3-12,17-19,22H,13-16,20-21H2,1-2H3,(H,37,42)(H,38,39,40). The highest BCUT2D eigenvalue weighted by molar-refractivity contribution is 5.95. The molecule has 224 valence electrons. The molecule has 2 heterocycles. The Morgan fingerprint density at radius 1 is 0.886 bits per heavy atom. The first-order valence-corrected chi connectivity index (χ1v) is 14.6. The number of ether oxygens (including phenoxy) is 2. The largest absolute Gasteiger partial charge is 0.493 e. The highest BCUT2D eigenvalue weighted by Gasteiger charge is 2.19. The molecular weight excluding hydrogens is 557 g/mol. The van der Waals surface area contributed by atoms with Crippen molar-refractivity contribution in [3.05, 3.63) is 113 Å². The summed E-state index contributed by atoms with van der Waals surface area (Å²) in [6.45, 7) is 3.55. The smallest absolute Gasteiger partial charge is 0.251 e. The van der Waals surface area contributed by atoms with Crippen LogP contribution in [0.25, 0.3) is 22.0 Å². The zero-order valence-corrected chi connectivity index (χ0v) is 24.8. The van der Waals surface area contributed by atoms with Gasteiger partial charge < -0.3 is 20.1 Å². The van der Waals surface area contributed by atoms with Crippen molar-refractivity contribution < 1.29 is 18.7 Å². The van der Waals surface area contributed by atoms with Gasteiger partial charge in [-0.2, -0.15) is 0 Å². The van der Waals surface area contributed by atoms with Gasteiger partial charge in [0.25, 0.3) is 5.91 Å². The van der Waals surface area contributed by atoms with Crippen molar-refractivity contribution in [1.29, 1.82) is 0 Å². The van der Waals surface area contributed by atoms with Crippen LogP contribution in [0.1, 0.15) is 27.0 Å². The third-order valence-electron chi connectivity index (χ3n) is 8.00. The summed E-state index contributed by atoms with van der Waals surface area (Å²) < 4.78 is 24.2. The van der Waals surface area contributed by atoms with Crippen molar-refractivity contribution in [1.82, 2.24) is 20.2 Å². The molecule has 6 rings (SSSR count). The fraction of sp³-hybridized carbons (Fsp3) is 0.229. The Morgan fingerprint density at radius 2 is 1.61 bits per heavy atom. The van der Waals surface area contributed by atoms with Crippen molar-refractivity contribution in [2.75, 3.05) is 39.2 Å². The van der Waals surface area contributed by atoms with Gasteiger partial charge >= 0.3 is 0 Å². The Morgan fingerprint density at radius 3 is 2.36 bits per heavy atom. The molecule has 0 aliphatic carbocycles. The van der Waals surface area contributed by atoms with Crippen molar-refractivity contribution in [2.45, 2.75) is 19.5 Å². The van der Waals surface area contributed by atoms with Crippen LogP contribution in [0, 0.1) is 5.82 Å². The molecule has 1 aliphatic heterocycles. The summed E-state index contributed by atoms with van der Waals surface area (Å²) in [6.07, 6.45) is 2.46. The van der Waals surface area contributed by atoms with Crippen LogP contribution in [-0.4, -0.2) is 54.6 Å². The number of hydrogen-bond acceptors (Lipinski definition) is 7. The second-order valence-electron chi connectivity index (χ2n) is 10.8. The summed E-state index contributed by atoms with van der Waals surface area (Å²) in [4.78, 5) is 24.1. The maximum Gasteiger partial charge on any atom is 0.251 e. The summed E-state index contributed by atoms with van der Waals surface area (Å²) in [6, 6.07) is 24.1. The van der Waals surface area contributed by atoms with Gasteiger partial charge in [0.15, 0.2) is 11.5 Å². The summed E-state index contributed by atoms with van der Waals surface area (Å²) in [5.74, 6) is 1.84. The molecule has 0 spiro atoms. The lowest BCUT2D eigenvalue weighted by atomic mass is 9.99. The van der Waals surface area contributed by atoms with Gasteiger partial charge in [0, 0.05) is 43.7 Å². The number of amides is 1. The summed E-state index contributed by atoms with van der Waals surface area (Å²) in [5.41, 5.74) is 6.86. The van der Waals surface area contributed by atoms with Gasteiger partial charge in [0.2, 0.25) is 0 Å². The number of nitrogens with zero attached hydrogens (tertiary/aromatic N) is 3. The van der Waals surface area contributed by atoms with Gasteiger partial charge in [-0.1, -0.05) is 30.3 Å². The number of methoxy groups -OCH3 is 2. The summed E-state index contributed by atoms with van der Waals surface area (Å²) in [5, 5.41) is 7.29. The first kappa shape index (κ1) is 29.1. The molecule has 0 unspecified atom stereocenters. The Bertz CT molecular complexity index is 1780. The molecular formula is C35H34FN5O3. The van der Waals surface area contributed by atoms with Crippen LogP contribution in [0.2, 0.25) is 0 Å². The predicted molar refractivity (Wildman–Crippen MR) is 170 cm³/mol. The van der Waals surface area contributed by atoms with Crippen molar-refractivity contribution in [3.63, 3.8) is 0 Å². The number of aromatic nitrogens is 2. The van der Waals surface area contributed by atoms with E-state index in [0.29, 0.717) is 24.5 Å². The van der Waals surface area contributed by atoms with E-state index in [1.54, 1.807) is 26.4 Å². The molecule has 5 aromatic rings. The van der Waals surface area contributed by atoms with E-state index in [0.717, 1.165) is 65.1 Å². The molecule has 9 heteroatoms. The monoisotopic (exact) mass is 591 g/mol. The van der Waals surface area contributed by atoms with Crippen molar-refractivity contribution in [2.24, 2.45) is 0 Å². The summed E-state index contributed by atoms with van der Waals surface area (Å²) >= 11 is 0. The molecule has 0 saturated carbocycles. The normalized spacial score (nSPS) is 12.9. The van der Waals surface area contributed by atoms with E-state index in [1.807, 2.05) is 48.5 Å². The Hall–Kier alpha value is -5.02. The minimum absolute atomic E-state index is 0.0976. The molecule has 4 aromatic carbocycles. The third-order valence-corrected chi connectivity index (χ3v) is 8.00. The highest BCUT2D eigenvalue weighted by atomic mass is 19.1. The SMILES string of the molecule is COc1cc2c(cc1OC)CN(CCNC(=O)c1ccc(-c3ccc4ncnc(NCc5ccc(F)cc5)c4c3)cc1)CC2. The average Bonchev–Trinajstić information content (AvgIpc) is 3.07. The van der Waals surface area contributed by atoms with Crippen LogP contribution >= 0.6 is 0 Å². The van der Waals surface area contributed by atoms with E-state index in [-0.39, 0.29) is 11.7 Å². The number of benzene rings is 4. The van der Waals surface area contributed by atoms with Gasteiger partial charge in [-0.15, -0.1) is 0 Å². The first-order valence-electron chi connectivity index (χ1n) is 14.6. The lowest BCUT2D eigenvalue weighted by Gasteiger charge is -2.29. The van der Waals surface area contributed by atoms with Crippen LogP contribution in [0.15, 0.2) is 85.2 Å². The Labute approximate surface area is 255 Å². The second kappa shape index (κ2) is 13.1. The van der Waals surface area contributed by atoms with E-state index in [2.05, 4.69) is 31.6 Å². The number of carbonyl (C=O) groups excluding carboxylic acids is 1. The van der Waals surface area contributed by atoms with E-state index >= 15 is 0 Å². The van der Waals surface area contributed by atoms with Crippen molar-refractivity contribution >= 4 is 22.6 Å². The van der Waals surface area contributed by atoms with Crippen LogP contribution in [0.3, 0.4) is 0 Å². The number of hydrogen-bond donors (Lipinski definition) is 2. The highest BCUT2D eigenvalue weighted by Crippen LogP contribution is 2.33. The Balaban J connectivity index is 1.06. The number of fused-ring (bicyclic) bond motifs is 2. The van der Waals surface area contributed by atoms with Crippen LogP contribution in [-0.2, 0) is 19.5 Å². The molecule has 1 amide bonds. The number of anilines is 1. The number of halogens is 1. The summed E-state index contributed by atoms with van der Waals surface area (Å²) in [7, 11) is 3.30. The Kier molecular flexibility index (Phi) is 8.65. The molecule has 0 fully saturated rings. The molecule has 0 atom stereocenters. The van der Waals surface area contributed by atoms with Crippen LogP contribution < -0.4 is 20.1 Å². The fourth-order valence-electron chi connectivity index (χ4n) is 5.54. The van der Waals surface area contributed by atoms with E-state index < -0.39 is 0 Å². The van der Waals surface area contributed by atoms with Gasteiger partial charge in [-0.25, -0.2) is 14.4 Å². The first-order chi connectivity index (χ1) is 21.5.